The molecule has 1 amide bonds. The van der Waals surface area contributed by atoms with Crippen molar-refractivity contribution in [2.45, 2.75) is 12.5 Å². The lowest BCUT2D eigenvalue weighted by Crippen LogP contribution is -2.42. The van der Waals surface area contributed by atoms with Gasteiger partial charge in [0.2, 0.25) is 0 Å². The average molecular weight is 359 g/mol. The van der Waals surface area contributed by atoms with Crippen molar-refractivity contribution in [3.63, 3.8) is 0 Å². The summed E-state index contributed by atoms with van der Waals surface area (Å²) in [6.45, 7) is 0. The molecule has 0 aromatic heterocycles. The Labute approximate surface area is 149 Å². The van der Waals surface area contributed by atoms with E-state index in [1.165, 1.54) is 31.4 Å². The van der Waals surface area contributed by atoms with Crippen LogP contribution in [0.1, 0.15) is 21.5 Å². The monoisotopic (exact) mass is 358 g/mol. The van der Waals surface area contributed by atoms with E-state index in [0.29, 0.717) is 21.9 Å². The molecule has 1 atom stereocenters. The Hall–Kier alpha value is -3.04. The quantitative estimate of drug-likeness (QED) is 0.827. The molecule has 2 aromatic rings. The zero-order chi connectivity index (χ0) is 18.4. The van der Waals surface area contributed by atoms with E-state index in [1.807, 2.05) is 6.07 Å². The van der Waals surface area contributed by atoms with Gasteiger partial charge in [-0.3, -0.25) is 4.79 Å². The summed E-state index contributed by atoms with van der Waals surface area (Å²) in [6, 6.07) is 11.7. The number of rotatable bonds is 6. The number of nitrogens with one attached hydrogen (secondary N) is 1. The molecule has 0 aliphatic heterocycles. The summed E-state index contributed by atoms with van der Waals surface area (Å²) in [7, 11) is 1.48. The molecule has 6 nitrogen and oxygen atoms in total. The second-order valence-electron chi connectivity index (χ2n) is 5.23. The fourth-order valence-electron chi connectivity index (χ4n) is 2.21. The van der Waals surface area contributed by atoms with Crippen LogP contribution in [0, 0.1) is 11.3 Å². The smallest absolute Gasteiger partial charge is 0.326 e. The van der Waals surface area contributed by atoms with Crippen molar-refractivity contribution in [1.29, 1.82) is 5.26 Å². The Morgan fingerprint density at radius 3 is 2.48 bits per heavy atom. The highest BCUT2D eigenvalue weighted by Crippen LogP contribution is 2.25. The van der Waals surface area contributed by atoms with Crippen molar-refractivity contribution in [2.75, 3.05) is 7.11 Å². The third-order valence-corrected chi connectivity index (χ3v) is 3.83. The maximum Gasteiger partial charge on any atom is 0.326 e. The van der Waals surface area contributed by atoms with Gasteiger partial charge in [0.1, 0.15) is 11.8 Å². The Kier molecular flexibility index (Phi) is 5.98. The highest BCUT2D eigenvalue weighted by molar-refractivity contribution is 6.32. The fourth-order valence-corrected chi connectivity index (χ4v) is 2.49. The standard InChI is InChI=1S/C18H15ClN2O4/c1-25-16-7-4-12(8-14(16)19)9-15(18(23)24)21-17(22)13-5-2-11(10-20)3-6-13/h2-8,15H,9H2,1H3,(H,21,22)(H,23,24)/t15-/m1/s1. The zero-order valence-electron chi connectivity index (χ0n) is 13.3. The van der Waals surface area contributed by atoms with Gasteiger partial charge in [0.25, 0.3) is 5.91 Å². The number of amides is 1. The number of methoxy groups -OCH3 is 1. The number of hydrogen-bond acceptors (Lipinski definition) is 4. The summed E-state index contributed by atoms with van der Waals surface area (Å²) in [4.78, 5) is 23.7. The fraction of sp³-hybridized carbons (Fsp3) is 0.167. The predicted molar refractivity (Wildman–Crippen MR) is 91.8 cm³/mol. The van der Waals surface area contributed by atoms with Crippen LogP contribution >= 0.6 is 11.6 Å². The molecule has 0 radical (unpaired) electrons. The third kappa shape index (κ3) is 4.72. The van der Waals surface area contributed by atoms with Gasteiger partial charge >= 0.3 is 5.97 Å². The van der Waals surface area contributed by atoms with Crippen molar-refractivity contribution < 1.29 is 19.4 Å². The summed E-state index contributed by atoms with van der Waals surface area (Å²) in [5.74, 6) is -1.20. The van der Waals surface area contributed by atoms with Gasteiger partial charge in [-0.25, -0.2) is 4.79 Å². The van der Waals surface area contributed by atoms with Gasteiger partial charge in [0.15, 0.2) is 0 Å². The summed E-state index contributed by atoms with van der Waals surface area (Å²) in [6.07, 6.45) is 0.0705. The molecule has 0 unspecified atom stereocenters. The first-order valence-electron chi connectivity index (χ1n) is 7.31. The molecule has 2 aromatic carbocycles. The molecule has 0 aliphatic carbocycles. The molecule has 0 bridgehead atoms. The van der Waals surface area contributed by atoms with Crippen molar-refractivity contribution in [3.05, 3.63) is 64.2 Å². The summed E-state index contributed by atoms with van der Waals surface area (Å²) in [5.41, 5.74) is 1.34. The van der Waals surface area contributed by atoms with E-state index in [9.17, 15) is 14.7 Å². The second-order valence-corrected chi connectivity index (χ2v) is 5.63. The number of benzene rings is 2. The van der Waals surface area contributed by atoms with E-state index < -0.39 is 17.9 Å². The lowest BCUT2D eigenvalue weighted by Gasteiger charge is -2.15. The van der Waals surface area contributed by atoms with E-state index >= 15 is 0 Å². The van der Waals surface area contributed by atoms with Crippen LogP contribution < -0.4 is 10.1 Å². The molecule has 2 rings (SSSR count). The number of carbonyl (C=O) groups excluding carboxylic acids is 1. The maximum absolute atomic E-state index is 12.2. The van der Waals surface area contributed by atoms with Gasteiger partial charge in [-0.05, 0) is 42.0 Å². The van der Waals surface area contributed by atoms with E-state index in [2.05, 4.69) is 5.32 Å². The molecule has 7 heteroatoms. The minimum absolute atomic E-state index is 0.0705. The van der Waals surface area contributed by atoms with E-state index in [1.54, 1.807) is 18.2 Å². The summed E-state index contributed by atoms with van der Waals surface area (Å²) < 4.78 is 5.05. The Morgan fingerprint density at radius 2 is 1.96 bits per heavy atom. The SMILES string of the molecule is COc1ccc(C[C@@H](NC(=O)c2ccc(C#N)cc2)C(=O)O)cc1Cl. The summed E-state index contributed by atoms with van der Waals surface area (Å²) >= 11 is 6.04. The van der Waals surface area contributed by atoms with Crippen LogP contribution in [-0.2, 0) is 11.2 Å². The number of nitriles is 1. The van der Waals surface area contributed by atoms with E-state index in [4.69, 9.17) is 21.6 Å². The molecular weight excluding hydrogens is 344 g/mol. The topological polar surface area (TPSA) is 99.4 Å². The van der Waals surface area contributed by atoms with Gasteiger partial charge in [-0.15, -0.1) is 0 Å². The minimum Gasteiger partial charge on any atom is -0.495 e. The lowest BCUT2D eigenvalue weighted by atomic mass is 10.0. The largest absolute Gasteiger partial charge is 0.495 e. The molecule has 0 spiro atoms. The van der Waals surface area contributed by atoms with Gasteiger partial charge in [-0.2, -0.15) is 5.26 Å². The number of nitrogens with zero attached hydrogens (tertiary/aromatic N) is 1. The first-order valence-corrected chi connectivity index (χ1v) is 7.68. The number of aliphatic carboxylic acids is 1. The summed E-state index contributed by atoms with van der Waals surface area (Å²) in [5, 5.41) is 21.0. The Balaban J connectivity index is 2.12. The van der Waals surface area contributed by atoms with E-state index in [-0.39, 0.29) is 12.0 Å². The van der Waals surface area contributed by atoms with Crippen LogP contribution in [0.4, 0.5) is 0 Å². The van der Waals surface area contributed by atoms with Crippen molar-refractivity contribution >= 4 is 23.5 Å². The molecular formula is C18H15ClN2O4. The van der Waals surface area contributed by atoms with Crippen molar-refractivity contribution in [1.82, 2.24) is 5.32 Å². The first kappa shape index (κ1) is 18.3. The third-order valence-electron chi connectivity index (χ3n) is 3.54. The minimum atomic E-state index is -1.16. The molecule has 2 N–H and O–H groups in total. The Bertz CT molecular complexity index is 828. The maximum atomic E-state index is 12.2. The van der Waals surface area contributed by atoms with Crippen LogP contribution in [0.25, 0.3) is 0 Å². The number of carbonyl (C=O) groups is 2. The number of ether oxygens (including phenoxy) is 1. The van der Waals surface area contributed by atoms with Crippen LogP contribution in [0.2, 0.25) is 5.02 Å². The second kappa shape index (κ2) is 8.18. The number of halogens is 1. The van der Waals surface area contributed by atoms with Crippen molar-refractivity contribution in [2.24, 2.45) is 0 Å². The van der Waals surface area contributed by atoms with Gasteiger partial charge in [0, 0.05) is 12.0 Å². The first-order chi connectivity index (χ1) is 11.9. The highest BCUT2D eigenvalue weighted by Gasteiger charge is 2.21. The van der Waals surface area contributed by atoms with Gasteiger partial charge in [0.05, 0.1) is 23.8 Å². The van der Waals surface area contributed by atoms with Crippen LogP contribution in [0.3, 0.4) is 0 Å². The van der Waals surface area contributed by atoms with Crippen molar-refractivity contribution in [3.8, 4) is 11.8 Å². The molecule has 0 heterocycles. The number of carboxylic acid groups (broad SMARTS) is 1. The molecule has 0 saturated carbocycles. The predicted octanol–water partition coefficient (Wildman–Crippen LogP) is 2.65. The number of hydrogen-bond donors (Lipinski definition) is 2. The van der Waals surface area contributed by atoms with Crippen LogP contribution in [-0.4, -0.2) is 30.1 Å². The van der Waals surface area contributed by atoms with Gasteiger partial charge < -0.3 is 15.2 Å². The number of carboxylic acids is 1. The average Bonchev–Trinajstić information content (AvgIpc) is 2.61. The van der Waals surface area contributed by atoms with Crippen LogP contribution in [0.5, 0.6) is 5.75 Å². The molecule has 0 aliphatic rings. The highest BCUT2D eigenvalue weighted by atomic mass is 35.5. The normalized spacial score (nSPS) is 11.2. The zero-order valence-corrected chi connectivity index (χ0v) is 14.1. The Morgan fingerprint density at radius 1 is 1.28 bits per heavy atom. The van der Waals surface area contributed by atoms with E-state index in [0.717, 1.165) is 0 Å². The molecule has 0 saturated heterocycles. The lowest BCUT2D eigenvalue weighted by molar-refractivity contribution is -0.139. The van der Waals surface area contributed by atoms with Gasteiger partial charge in [-0.1, -0.05) is 17.7 Å². The molecule has 0 fully saturated rings. The van der Waals surface area contributed by atoms with Crippen LogP contribution in [0.15, 0.2) is 42.5 Å². The molecule has 25 heavy (non-hydrogen) atoms. The molecule has 128 valence electrons.